The van der Waals surface area contributed by atoms with E-state index in [4.69, 9.17) is 0 Å². The Morgan fingerprint density at radius 1 is 1.41 bits per heavy atom. The van der Waals surface area contributed by atoms with Crippen LogP contribution in [0.1, 0.15) is 53.4 Å². The van der Waals surface area contributed by atoms with Crippen LogP contribution in [0.4, 0.5) is 8.78 Å². The van der Waals surface area contributed by atoms with E-state index in [1.54, 1.807) is 23.6 Å². The molecule has 2 fully saturated rings. The van der Waals surface area contributed by atoms with Gasteiger partial charge < -0.3 is 10.0 Å². The Kier molecular flexibility index (Phi) is 6.16. The topological polar surface area (TPSA) is 67.6 Å². The first kappa shape index (κ1) is 21.6. The Labute approximate surface area is 159 Å². The molecule has 2 rings (SSSR count). The summed E-state index contributed by atoms with van der Waals surface area (Å²) in [5.74, 6) is -3.17. The summed E-state index contributed by atoms with van der Waals surface area (Å²) in [6.07, 6.45) is 3.51. The second-order valence-corrected chi connectivity index (χ2v) is 8.39. The summed E-state index contributed by atoms with van der Waals surface area (Å²) < 4.78 is 27.0. The second-order valence-electron chi connectivity index (χ2n) is 8.39. The Bertz CT molecular complexity index is 692. The van der Waals surface area contributed by atoms with Crippen molar-refractivity contribution in [1.82, 2.24) is 9.80 Å². The first-order valence-electron chi connectivity index (χ1n) is 9.45. The molecular formula is C20H29F2N3O2. The lowest BCUT2D eigenvalue weighted by Gasteiger charge is -2.37. The molecular weight excluding hydrogens is 352 g/mol. The highest BCUT2D eigenvalue weighted by Gasteiger charge is 2.46. The van der Waals surface area contributed by atoms with Gasteiger partial charge in [0.1, 0.15) is 6.07 Å². The van der Waals surface area contributed by atoms with Crippen molar-refractivity contribution in [3.63, 3.8) is 0 Å². The fourth-order valence-electron chi connectivity index (χ4n) is 3.95. The van der Waals surface area contributed by atoms with Gasteiger partial charge in [0.15, 0.2) is 5.57 Å². The van der Waals surface area contributed by atoms with E-state index in [-0.39, 0.29) is 37.7 Å². The Morgan fingerprint density at radius 2 is 2.07 bits per heavy atom. The van der Waals surface area contributed by atoms with Crippen LogP contribution in [0, 0.1) is 11.3 Å². The van der Waals surface area contributed by atoms with Crippen LogP contribution >= 0.6 is 0 Å². The third kappa shape index (κ3) is 4.40. The quantitative estimate of drug-likeness (QED) is 0.452. The molecule has 2 heterocycles. The number of likely N-dealkylation sites (tertiary alicyclic amines) is 2. The molecule has 0 saturated carbocycles. The van der Waals surface area contributed by atoms with Crippen molar-refractivity contribution < 1.29 is 18.7 Å². The van der Waals surface area contributed by atoms with Gasteiger partial charge in [-0.15, -0.1) is 0 Å². The minimum Gasteiger partial charge on any atom is -0.394 e. The summed E-state index contributed by atoms with van der Waals surface area (Å²) in [5, 5.41) is 19.3. The van der Waals surface area contributed by atoms with E-state index in [0.717, 1.165) is 12.8 Å². The van der Waals surface area contributed by atoms with Gasteiger partial charge in [0.2, 0.25) is 0 Å². The highest BCUT2D eigenvalue weighted by molar-refractivity contribution is 5.98. The fourth-order valence-corrected chi connectivity index (χ4v) is 3.95. The van der Waals surface area contributed by atoms with Gasteiger partial charge >= 0.3 is 0 Å². The smallest absolute Gasteiger partial charge is 0.273 e. The maximum atomic E-state index is 13.5. The molecule has 0 aromatic rings. The third-order valence-corrected chi connectivity index (χ3v) is 5.87. The standard InChI is InChI=1S/C20H29F2N3O2/c1-5-16-7-9-19(4,14-26)25(16)17(27)15(12-23)6-8-18(2,3)24-11-10-20(21,22)13-24/h8,16,26H,5,7,9-11,13-14H2,1-4H3. The zero-order valence-corrected chi connectivity index (χ0v) is 16.6. The van der Waals surface area contributed by atoms with Crippen LogP contribution in [0.25, 0.3) is 0 Å². The summed E-state index contributed by atoms with van der Waals surface area (Å²) in [7, 11) is 0. The molecule has 5 nitrogen and oxygen atoms in total. The number of amides is 1. The maximum absolute atomic E-state index is 13.5. The molecule has 0 bridgehead atoms. The summed E-state index contributed by atoms with van der Waals surface area (Å²) in [5.41, 5.74) is 1.16. The number of hydrogen-bond acceptors (Lipinski definition) is 4. The molecule has 0 aliphatic carbocycles. The number of rotatable bonds is 5. The molecule has 2 saturated heterocycles. The molecule has 7 heteroatoms. The van der Waals surface area contributed by atoms with Crippen molar-refractivity contribution in [2.24, 2.45) is 0 Å². The monoisotopic (exact) mass is 381 g/mol. The number of carbonyl (C=O) groups excluding carboxylic acids is 1. The highest BCUT2D eigenvalue weighted by atomic mass is 19.3. The predicted molar refractivity (Wildman–Crippen MR) is 98.1 cm³/mol. The number of nitriles is 1. The van der Waals surface area contributed by atoms with Crippen LogP contribution in [0.5, 0.6) is 0 Å². The first-order valence-corrected chi connectivity index (χ1v) is 9.45. The van der Waals surface area contributed by atoms with E-state index in [0.29, 0.717) is 6.42 Å². The van der Waals surface area contributed by atoms with E-state index in [9.17, 15) is 23.9 Å². The van der Waals surface area contributed by atoms with E-state index >= 15 is 0 Å². The molecule has 0 radical (unpaired) electrons. The zero-order valence-electron chi connectivity index (χ0n) is 16.6. The number of aliphatic hydroxyl groups is 1. The lowest BCUT2D eigenvalue weighted by Crippen LogP contribution is -2.51. The zero-order chi connectivity index (χ0) is 20.5. The van der Waals surface area contributed by atoms with Gasteiger partial charge in [0.25, 0.3) is 11.8 Å². The van der Waals surface area contributed by atoms with Crippen LogP contribution < -0.4 is 0 Å². The van der Waals surface area contributed by atoms with E-state index in [1.807, 2.05) is 19.9 Å². The molecule has 0 aromatic carbocycles. The Hall–Kier alpha value is -1.74. The van der Waals surface area contributed by atoms with Crippen molar-refractivity contribution in [2.75, 3.05) is 19.7 Å². The van der Waals surface area contributed by atoms with Crippen LogP contribution in [0.3, 0.4) is 0 Å². The Morgan fingerprint density at radius 3 is 2.56 bits per heavy atom. The minimum atomic E-state index is -2.71. The number of alkyl halides is 2. The largest absolute Gasteiger partial charge is 0.394 e. The number of nitrogens with zero attached hydrogens (tertiary/aromatic N) is 3. The minimum absolute atomic E-state index is 0.0370. The Balaban J connectivity index is 2.30. The maximum Gasteiger partial charge on any atom is 0.273 e. The van der Waals surface area contributed by atoms with Gasteiger partial charge in [-0.05, 0) is 46.1 Å². The van der Waals surface area contributed by atoms with Crippen molar-refractivity contribution in [3.05, 3.63) is 17.4 Å². The van der Waals surface area contributed by atoms with Crippen LogP contribution in [0.15, 0.2) is 17.4 Å². The fraction of sp³-hybridized carbons (Fsp3) is 0.750. The summed E-state index contributed by atoms with van der Waals surface area (Å²) in [6, 6.07) is 1.86. The number of halogens is 2. The van der Waals surface area contributed by atoms with Gasteiger partial charge in [-0.25, -0.2) is 8.78 Å². The van der Waals surface area contributed by atoms with Gasteiger partial charge in [-0.1, -0.05) is 12.7 Å². The molecule has 0 aromatic heterocycles. The number of carbonyl (C=O) groups is 1. The van der Waals surface area contributed by atoms with Crippen molar-refractivity contribution in [1.29, 1.82) is 5.26 Å². The predicted octanol–water partition coefficient (Wildman–Crippen LogP) is 2.86. The molecule has 1 N–H and O–H groups in total. The van der Waals surface area contributed by atoms with Gasteiger partial charge in [0, 0.05) is 24.5 Å². The summed E-state index contributed by atoms with van der Waals surface area (Å²) in [4.78, 5) is 16.2. The summed E-state index contributed by atoms with van der Waals surface area (Å²) >= 11 is 0. The molecule has 2 aliphatic heterocycles. The van der Waals surface area contributed by atoms with E-state index in [1.165, 1.54) is 6.08 Å². The summed E-state index contributed by atoms with van der Waals surface area (Å²) in [6.45, 7) is 7.05. The molecule has 150 valence electrons. The highest BCUT2D eigenvalue weighted by Crippen LogP contribution is 2.36. The molecule has 2 atom stereocenters. The average molecular weight is 381 g/mol. The van der Waals surface area contributed by atoms with Gasteiger partial charge in [-0.3, -0.25) is 9.69 Å². The lowest BCUT2D eigenvalue weighted by atomic mass is 9.99. The average Bonchev–Trinajstić information content (AvgIpc) is 3.15. The number of aliphatic hydroxyl groups excluding tert-OH is 1. The molecule has 2 unspecified atom stereocenters. The van der Waals surface area contributed by atoms with Crippen LogP contribution in [0.2, 0.25) is 0 Å². The first-order chi connectivity index (χ1) is 12.5. The van der Waals surface area contributed by atoms with Crippen LogP contribution in [-0.2, 0) is 4.79 Å². The lowest BCUT2D eigenvalue weighted by molar-refractivity contribution is -0.134. The number of hydrogen-bond donors (Lipinski definition) is 1. The second kappa shape index (κ2) is 7.71. The molecule has 0 spiro atoms. The molecule has 1 amide bonds. The third-order valence-electron chi connectivity index (χ3n) is 5.87. The molecule has 2 aliphatic rings. The van der Waals surface area contributed by atoms with E-state index in [2.05, 4.69) is 5.73 Å². The van der Waals surface area contributed by atoms with E-state index < -0.39 is 22.9 Å². The van der Waals surface area contributed by atoms with Crippen LogP contribution in [-0.4, -0.2) is 63.6 Å². The van der Waals surface area contributed by atoms with Crippen molar-refractivity contribution >= 4 is 5.91 Å². The van der Waals surface area contributed by atoms with Crippen molar-refractivity contribution in [3.8, 4) is 6.07 Å². The van der Waals surface area contributed by atoms with Crippen molar-refractivity contribution in [2.45, 2.75) is 76.4 Å². The van der Waals surface area contributed by atoms with Gasteiger partial charge in [0.05, 0.1) is 18.7 Å². The normalized spacial score (nSPS) is 27.9. The SMILES string of the molecule is CCC1CCC(C)(CO)N1C(=O)C(=C=CC(C)(C)N1CCC(F)(F)C1)C#N. The molecule has 27 heavy (non-hydrogen) atoms. The van der Waals surface area contributed by atoms with Gasteiger partial charge in [-0.2, -0.15) is 5.26 Å².